The van der Waals surface area contributed by atoms with Crippen molar-refractivity contribution in [1.82, 2.24) is 14.8 Å². The summed E-state index contributed by atoms with van der Waals surface area (Å²) in [4.78, 5) is 12.6. The van der Waals surface area contributed by atoms with Gasteiger partial charge in [0, 0.05) is 31.8 Å². The number of rotatable bonds is 7. The topological polar surface area (TPSA) is 102 Å². The molecule has 33 heavy (non-hydrogen) atoms. The average molecular weight is 478 g/mol. The zero-order valence-corrected chi connectivity index (χ0v) is 19.3. The number of hydrogen-bond donors (Lipinski definition) is 1. The number of nitrogens with one attached hydrogen (secondary N) is 1. The molecule has 8 nitrogen and oxygen atoms in total. The Bertz CT molecular complexity index is 1120. The summed E-state index contributed by atoms with van der Waals surface area (Å²) in [7, 11) is -3.96. The number of carbonyl (C=O) groups excluding carboxylic acids is 1. The van der Waals surface area contributed by atoms with E-state index in [0.29, 0.717) is 38.1 Å². The minimum atomic E-state index is -3.96. The van der Waals surface area contributed by atoms with Crippen molar-refractivity contribution in [2.24, 2.45) is 5.92 Å². The molecule has 2 aliphatic heterocycles. The summed E-state index contributed by atoms with van der Waals surface area (Å²) in [5, 5.41) is 6.73. The van der Waals surface area contributed by atoms with Gasteiger partial charge < -0.3 is 14.6 Å². The van der Waals surface area contributed by atoms with Gasteiger partial charge in [-0.25, -0.2) is 12.8 Å². The van der Waals surface area contributed by atoms with Crippen LogP contribution in [0.5, 0.6) is 0 Å². The molecule has 2 aromatic rings. The Morgan fingerprint density at radius 2 is 2.09 bits per heavy atom. The number of amides is 1. The Morgan fingerprint density at radius 3 is 2.85 bits per heavy atom. The van der Waals surface area contributed by atoms with Crippen molar-refractivity contribution in [3.63, 3.8) is 0 Å². The second-order valence-electron chi connectivity index (χ2n) is 8.40. The minimum Gasteiger partial charge on any atom is -0.376 e. The molecule has 178 valence electrons. The highest BCUT2D eigenvalue weighted by Crippen LogP contribution is 2.29. The zero-order chi connectivity index (χ0) is 23.4. The van der Waals surface area contributed by atoms with Crippen LogP contribution in [-0.4, -0.2) is 56.1 Å². The molecule has 0 bridgehead atoms. The fourth-order valence-electron chi connectivity index (χ4n) is 4.24. The molecule has 2 aliphatic rings. The Morgan fingerprint density at radius 1 is 1.27 bits per heavy atom. The molecule has 0 spiro atoms. The molecule has 1 aromatic heterocycles. The molecule has 10 heteroatoms. The van der Waals surface area contributed by atoms with E-state index in [4.69, 9.17) is 9.26 Å². The van der Waals surface area contributed by atoms with Crippen LogP contribution in [0.3, 0.4) is 0 Å². The van der Waals surface area contributed by atoms with E-state index >= 15 is 0 Å². The van der Waals surface area contributed by atoms with E-state index < -0.39 is 21.8 Å². The van der Waals surface area contributed by atoms with Crippen LogP contribution in [0.4, 0.5) is 4.39 Å². The maximum Gasteiger partial charge on any atom is 0.248 e. The van der Waals surface area contributed by atoms with Gasteiger partial charge in [-0.2, -0.15) is 4.31 Å². The smallest absolute Gasteiger partial charge is 0.248 e. The first-order valence-electron chi connectivity index (χ1n) is 11.1. The third-order valence-corrected chi connectivity index (χ3v) is 8.06. The first-order chi connectivity index (χ1) is 15.9. The number of nitrogens with zero attached hydrogens (tertiary/aromatic N) is 2. The average Bonchev–Trinajstić information content (AvgIpc) is 3.47. The van der Waals surface area contributed by atoms with Crippen LogP contribution < -0.4 is 5.32 Å². The Balaban J connectivity index is 1.49. The van der Waals surface area contributed by atoms with Crippen LogP contribution >= 0.6 is 0 Å². The summed E-state index contributed by atoms with van der Waals surface area (Å²) >= 11 is 0. The quantitative estimate of drug-likeness (QED) is 0.658. The molecule has 0 saturated carbocycles. The largest absolute Gasteiger partial charge is 0.376 e. The van der Waals surface area contributed by atoms with Gasteiger partial charge >= 0.3 is 0 Å². The lowest BCUT2D eigenvalue weighted by Crippen LogP contribution is -2.46. The van der Waals surface area contributed by atoms with Crippen LogP contribution in [-0.2, 0) is 19.6 Å². The molecule has 0 aliphatic carbocycles. The third-order valence-electron chi connectivity index (χ3n) is 6.03. The standard InChI is InChI=1S/C23H28FN3O5S/c1-16-22(21(32-26-16)11-10-17-6-2-3-9-20(17)24)33(29,30)27-12-4-7-18(15-27)23(28)25-14-19-8-5-13-31-19/h2-3,6,9-11,18-19H,4-5,7-8,12-15H2,1H3,(H,25,28)/b11-10+. The number of hydrogen-bond acceptors (Lipinski definition) is 6. The van der Waals surface area contributed by atoms with Gasteiger partial charge in [-0.3, -0.25) is 4.79 Å². The first-order valence-corrected chi connectivity index (χ1v) is 12.6. The van der Waals surface area contributed by atoms with Crippen molar-refractivity contribution in [2.45, 2.75) is 43.6 Å². The van der Waals surface area contributed by atoms with Crippen molar-refractivity contribution in [1.29, 1.82) is 0 Å². The number of aryl methyl sites for hydroxylation is 1. The molecular formula is C23H28FN3O5S. The number of aromatic nitrogens is 1. The Labute approximate surface area is 192 Å². The summed E-state index contributed by atoms with van der Waals surface area (Å²) < 4.78 is 53.0. The zero-order valence-electron chi connectivity index (χ0n) is 18.5. The Hall–Kier alpha value is -2.56. The molecule has 1 amide bonds. The molecule has 1 N–H and O–H groups in total. The van der Waals surface area contributed by atoms with Crippen LogP contribution in [0, 0.1) is 18.7 Å². The normalized spacial score (nSPS) is 22.1. The number of carbonyl (C=O) groups is 1. The van der Waals surface area contributed by atoms with Crippen molar-refractivity contribution in [3.05, 3.63) is 47.1 Å². The minimum absolute atomic E-state index is 0.0284. The van der Waals surface area contributed by atoms with Gasteiger partial charge in [-0.15, -0.1) is 0 Å². The van der Waals surface area contributed by atoms with Gasteiger partial charge in [-0.1, -0.05) is 23.4 Å². The fraction of sp³-hybridized carbons (Fsp3) is 0.478. The highest BCUT2D eigenvalue weighted by molar-refractivity contribution is 7.89. The van der Waals surface area contributed by atoms with Crippen molar-refractivity contribution in [2.75, 3.05) is 26.2 Å². The monoisotopic (exact) mass is 477 g/mol. The molecular weight excluding hydrogens is 449 g/mol. The van der Waals surface area contributed by atoms with Crippen LogP contribution in [0.2, 0.25) is 0 Å². The number of sulfonamides is 1. The fourth-order valence-corrected chi connectivity index (χ4v) is 6.02. The summed E-state index contributed by atoms with van der Waals surface area (Å²) in [5.74, 6) is -0.998. The molecule has 0 radical (unpaired) electrons. The summed E-state index contributed by atoms with van der Waals surface area (Å²) in [6.45, 7) is 3.09. The summed E-state index contributed by atoms with van der Waals surface area (Å²) in [6, 6.07) is 6.16. The van der Waals surface area contributed by atoms with Crippen LogP contribution in [0.1, 0.15) is 42.7 Å². The number of piperidine rings is 1. The lowest BCUT2D eigenvalue weighted by molar-refractivity contribution is -0.126. The third kappa shape index (κ3) is 5.34. The lowest BCUT2D eigenvalue weighted by Gasteiger charge is -2.31. The molecule has 4 rings (SSSR count). The second kappa shape index (κ2) is 10.1. The maximum absolute atomic E-state index is 13.9. The van der Waals surface area contributed by atoms with E-state index in [1.807, 2.05) is 0 Å². The van der Waals surface area contributed by atoms with E-state index in [-0.39, 0.29) is 34.9 Å². The van der Waals surface area contributed by atoms with Gasteiger partial charge in [0.25, 0.3) is 0 Å². The van der Waals surface area contributed by atoms with Crippen LogP contribution in [0.15, 0.2) is 33.7 Å². The maximum atomic E-state index is 13.9. The second-order valence-corrected chi connectivity index (χ2v) is 10.3. The van der Waals surface area contributed by atoms with E-state index in [9.17, 15) is 17.6 Å². The van der Waals surface area contributed by atoms with Gasteiger partial charge in [0.15, 0.2) is 10.7 Å². The Kier molecular flexibility index (Phi) is 7.26. The van der Waals surface area contributed by atoms with Crippen LogP contribution in [0.25, 0.3) is 12.2 Å². The SMILES string of the molecule is Cc1noc(/C=C/c2ccccc2F)c1S(=O)(=O)N1CCCC(C(=O)NCC2CCCO2)C1. The van der Waals surface area contributed by atoms with Crippen molar-refractivity contribution < 1.29 is 26.9 Å². The molecule has 2 saturated heterocycles. The van der Waals surface area contributed by atoms with Gasteiger partial charge in [0.05, 0.1) is 12.0 Å². The van der Waals surface area contributed by atoms with Crippen molar-refractivity contribution >= 4 is 28.1 Å². The summed E-state index contributed by atoms with van der Waals surface area (Å²) in [5.41, 5.74) is 0.518. The van der Waals surface area contributed by atoms with E-state index in [1.54, 1.807) is 25.1 Å². The lowest BCUT2D eigenvalue weighted by atomic mass is 9.99. The predicted molar refractivity (Wildman–Crippen MR) is 120 cm³/mol. The highest BCUT2D eigenvalue weighted by Gasteiger charge is 2.37. The molecule has 1 aromatic carbocycles. The molecule has 2 unspecified atom stereocenters. The van der Waals surface area contributed by atoms with Gasteiger partial charge in [0.1, 0.15) is 11.5 Å². The summed E-state index contributed by atoms with van der Waals surface area (Å²) in [6.07, 6.45) is 5.98. The number of halogens is 1. The number of benzene rings is 1. The van der Waals surface area contributed by atoms with E-state index in [1.165, 1.54) is 22.5 Å². The predicted octanol–water partition coefficient (Wildman–Crippen LogP) is 2.99. The van der Waals surface area contributed by atoms with E-state index in [0.717, 1.165) is 12.8 Å². The van der Waals surface area contributed by atoms with E-state index in [2.05, 4.69) is 10.5 Å². The van der Waals surface area contributed by atoms with Gasteiger partial charge in [0.2, 0.25) is 15.9 Å². The molecule has 2 atom stereocenters. The number of ether oxygens (including phenoxy) is 1. The highest BCUT2D eigenvalue weighted by atomic mass is 32.2. The van der Waals surface area contributed by atoms with Crippen molar-refractivity contribution in [3.8, 4) is 0 Å². The molecule has 2 fully saturated rings. The molecule has 3 heterocycles. The first kappa shape index (κ1) is 23.6. The van der Waals surface area contributed by atoms with Gasteiger partial charge in [-0.05, 0) is 50.8 Å².